The zero-order valence-corrected chi connectivity index (χ0v) is 13.2. The number of benzene rings is 2. The number of para-hydroxylation sites is 1. The quantitative estimate of drug-likeness (QED) is 0.654. The highest BCUT2D eigenvalue weighted by Crippen LogP contribution is 2.24. The molecule has 2 aromatic rings. The molecule has 0 radical (unpaired) electrons. The average molecular weight is 321 g/mol. The average Bonchev–Trinajstić information content (AvgIpc) is 2.62. The molecule has 3 N–H and O–H groups in total. The molecule has 1 atom stereocenters. The Kier molecular flexibility index (Phi) is 5.03. The molecule has 0 unspecified atom stereocenters. The Morgan fingerprint density at radius 2 is 1.96 bits per heavy atom. The van der Waals surface area contributed by atoms with Gasteiger partial charge in [0.1, 0.15) is 12.4 Å². The lowest BCUT2D eigenvalue weighted by Gasteiger charge is -2.15. The minimum atomic E-state index is -0.637. The summed E-state index contributed by atoms with van der Waals surface area (Å²) in [5, 5.41) is 3.98. The predicted octanol–water partition coefficient (Wildman–Crippen LogP) is 2.13. The lowest BCUT2D eigenvalue weighted by Crippen LogP contribution is -2.40. The Morgan fingerprint density at radius 1 is 1.21 bits per heavy atom. The van der Waals surface area contributed by atoms with Crippen molar-refractivity contribution < 1.29 is 9.53 Å². The first-order chi connectivity index (χ1) is 11.7. The van der Waals surface area contributed by atoms with E-state index in [2.05, 4.69) is 10.5 Å². The van der Waals surface area contributed by atoms with E-state index in [1.165, 1.54) is 0 Å². The van der Waals surface area contributed by atoms with Gasteiger partial charge in [-0.1, -0.05) is 48.5 Å². The van der Waals surface area contributed by atoms with Crippen LogP contribution in [0.15, 0.2) is 65.3 Å². The topological polar surface area (TPSA) is 76.7 Å². The number of carbonyl (C=O) groups excluding carboxylic acids is 1. The number of hydrogen-bond acceptors (Lipinski definition) is 4. The first-order valence-corrected chi connectivity index (χ1v) is 7.77. The SMILES string of the molecule is N[C@H](Cc1ccccc1)C(=O)N/N=C/C1=Cc2ccccc2OC1. The fourth-order valence-electron chi connectivity index (χ4n) is 2.43. The molecule has 0 aromatic heterocycles. The maximum atomic E-state index is 12.0. The molecule has 0 saturated heterocycles. The van der Waals surface area contributed by atoms with Gasteiger partial charge in [0.25, 0.3) is 5.91 Å². The van der Waals surface area contributed by atoms with Crippen LogP contribution >= 0.6 is 0 Å². The smallest absolute Gasteiger partial charge is 0.257 e. The van der Waals surface area contributed by atoms with Crippen LogP contribution in [-0.2, 0) is 11.2 Å². The van der Waals surface area contributed by atoms with Gasteiger partial charge >= 0.3 is 0 Å². The summed E-state index contributed by atoms with van der Waals surface area (Å²) in [6.07, 6.45) is 4.04. The maximum Gasteiger partial charge on any atom is 0.257 e. The van der Waals surface area contributed by atoms with Crippen molar-refractivity contribution in [2.75, 3.05) is 6.61 Å². The predicted molar refractivity (Wildman–Crippen MR) is 94.7 cm³/mol. The third kappa shape index (κ3) is 4.08. The van der Waals surface area contributed by atoms with Crippen molar-refractivity contribution in [1.82, 2.24) is 5.43 Å². The van der Waals surface area contributed by atoms with Crippen LogP contribution in [0.3, 0.4) is 0 Å². The summed E-state index contributed by atoms with van der Waals surface area (Å²) in [4.78, 5) is 12.0. The van der Waals surface area contributed by atoms with Gasteiger partial charge < -0.3 is 10.5 Å². The van der Waals surface area contributed by atoms with Gasteiger partial charge in [-0.05, 0) is 24.1 Å². The number of rotatable bonds is 5. The van der Waals surface area contributed by atoms with Crippen molar-refractivity contribution in [2.45, 2.75) is 12.5 Å². The Bertz CT molecular complexity index is 769. The van der Waals surface area contributed by atoms with Crippen LogP contribution in [0.5, 0.6) is 5.75 Å². The number of nitrogens with two attached hydrogens (primary N) is 1. The van der Waals surface area contributed by atoms with Crippen molar-refractivity contribution in [3.8, 4) is 5.75 Å². The molecule has 2 aromatic carbocycles. The third-order valence-electron chi connectivity index (χ3n) is 3.69. The molecule has 0 spiro atoms. The van der Waals surface area contributed by atoms with Crippen LogP contribution in [0.1, 0.15) is 11.1 Å². The van der Waals surface area contributed by atoms with E-state index in [9.17, 15) is 4.79 Å². The van der Waals surface area contributed by atoms with Gasteiger partial charge in [-0.25, -0.2) is 5.43 Å². The minimum absolute atomic E-state index is 0.312. The maximum absolute atomic E-state index is 12.0. The number of nitrogens with one attached hydrogen (secondary N) is 1. The van der Waals surface area contributed by atoms with E-state index >= 15 is 0 Å². The Morgan fingerprint density at radius 3 is 2.79 bits per heavy atom. The Balaban J connectivity index is 1.54. The largest absolute Gasteiger partial charge is 0.488 e. The van der Waals surface area contributed by atoms with Crippen LogP contribution in [0, 0.1) is 0 Å². The van der Waals surface area contributed by atoms with Crippen LogP contribution in [0.2, 0.25) is 0 Å². The second-order valence-electron chi connectivity index (χ2n) is 5.58. The summed E-state index contributed by atoms with van der Waals surface area (Å²) in [7, 11) is 0. The van der Waals surface area contributed by atoms with Gasteiger partial charge in [-0.15, -0.1) is 0 Å². The summed E-state index contributed by atoms with van der Waals surface area (Å²) in [6.45, 7) is 0.423. The Labute approximate surface area is 140 Å². The molecule has 3 rings (SSSR count). The van der Waals surface area contributed by atoms with Crippen LogP contribution in [0.4, 0.5) is 0 Å². The van der Waals surface area contributed by atoms with Crippen molar-refractivity contribution in [3.05, 3.63) is 71.3 Å². The van der Waals surface area contributed by atoms with Gasteiger partial charge in [0.15, 0.2) is 0 Å². The molecular weight excluding hydrogens is 302 g/mol. The molecule has 0 aliphatic carbocycles. The number of ether oxygens (including phenoxy) is 1. The van der Waals surface area contributed by atoms with Crippen LogP contribution in [0.25, 0.3) is 6.08 Å². The summed E-state index contributed by atoms with van der Waals surface area (Å²) in [5.74, 6) is 0.538. The van der Waals surface area contributed by atoms with Crippen molar-refractivity contribution in [2.24, 2.45) is 10.8 Å². The fourth-order valence-corrected chi connectivity index (χ4v) is 2.43. The monoisotopic (exact) mass is 321 g/mol. The number of hydrogen-bond donors (Lipinski definition) is 2. The highest BCUT2D eigenvalue weighted by atomic mass is 16.5. The van der Waals surface area contributed by atoms with Gasteiger partial charge in [0, 0.05) is 11.1 Å². The van der Waals surface area contributed by atoms with Crippen LogP contribution < -0.4 is 15.9 Å². The van der Waals surface area contributed by atoms with E-state index in [1.54, 1.807) is 6.21 Å². The van der Waals surface area contributed by atoms with Gasteiger partial charge in [-0.2, -0.15) is 5.10 Å². The number of nitrogens with zero attached hydrogens (tertiary/aromatic N) is 1. The molecule has 0 bridgehead atoms. The van der Waals surface area contributed by atoms with E-state index in [0.717, 1.165) is 22.4 Å². The highest BCUT2D eigenvalue weighted by molar-refractivity contribution is 5.89. The molecular formula is C19H19N3O2. The summed E-state index contributed by atoms with van der Waals surface area (Å²) in [6, 6.07) is 16.8. The number of carbonyl (C=O) groups is 1. The van der Waals surface area contributed by atoms with E-state index in [1.807, 2.05) is 60.7 Å². The lowest BCUT2D eigenvalue weighted by molar-refractivity contribution is -0.122. The minimum Gasteiger partial charge on any atom is -0.488 e. The standard InChI is InChI=1S/C19H19N3O2/c20-17(11-14-6-2-1-3-7-14)19(23)22-21-12-15-10-16-8-4-5-9-18(16)24-13-15/h1-10,12,17H,11,13,20H2,(H,22,23)/b21-12+/t17-/m1/s1. The summed E-state index contributed by atoms with van der Waals surface area (Å²) < 4.78 is 5.62. The first-order valence-electron chi connectivity index (χ1n) is 7.77. The van der Waals surface area contributed by atoms with Gasteiger partial charge in [0.2, 0.25) is 0 Å². The van der Waals surface area contributed by atoms with E-state index in [4.69, 9.17) is 10.5 Å². The molecule has 122 valence electrons. The molecule has 1 amide bonds. The highest BCUT2D eigenvalue weighted by Gasteiger charge is 2.13. The van der Waals surface area contributed by atoms with Gasteiger partial charge in [0.05, 0.1) is 12.3 Å². The molecule has 5 heteroatoms. The zero-order chi connectivity index (χ0) is 16.8. The fraction of sp³-hybridized carbons (Fsp3) is 0.158. The van der Waals surface area contributed by atoms with Crippen LogP contribution in [-0.4, -0.2) is 24.8 Å². The molecule has 1 aliphatic heterocycles. The second kappa shape index (κ2) is 7.57. The normalized spacial score (nSPS) is 14.5. The molecule has 5 nitrogen and oxygen atoms in total. The second-order valence-corrected chi connectivity index (χ2v) is 5.58. The first kappa shape index (κ1) is 16.0. The van der Waals surface area contributed by atoms with Crippen molar-refractivity contribution in [1.29, 1.82) is 0 Å². The van der Waals surface area contributed by atoms with Crippen molar-refractivity contribution in [3.63, 3.8) is 0 Å². The lowest BCUT2D eigenvalue weighted by atomic mass is 10.1. The number of fused-ring (bicyclic) bond motifs is 1. The Hall–Kier alpha value is -2.92. The summed E-state index contributed by atoms with van der Waals surface area (Å²) in [5.41, 5.74) is 11.3. The van der Waals surface area contributed by atoms with E-state index in [-0.39, 0.29) is 5.91 Å². The number of hydrazone groups is 1. The third-order valence-corrected chi connectivity index (χ3v) is 3.69. The molecule has 0 fully saturated rings. The van der Waals surface area contributed by atoms with E-state index in [0.29, 0.717) is 13.0 Å². The van der Waals surface area contributed by atoms with Gasteiger partial charge in [-0.3, -0.25) is 4.79 Å². The number of amides is 1. The molecule has 0 saturated carbocycles. The van der Waals surface area contributed by atoms with E-state index < -0.39 is 6.04 Å². The van der Waals surface area contributed by atoms with Crippen molar-refractivity contribution >= 4 is 18.2 Å². The molecule has 24 heavy (non-hydrogen) atoms. The molecule has 1 aliphatic rings. The summed E-state index contributed by atoms with van der Waals surface area (Å²) >= 11 is 0. The molecule has 1 heterocycles. The zero-order valence-electron chi connectivity index (χ0n) is 13.2.